The quantitative estimate of drug-likeness (QED) is 0.288. The second-order valence-electron chi connectivity index (χ2n) is 7.56. The van der Waals surface area contributed by atoms with Gasteiger partial charge in [-0.15, -0.1) is 24.0 Å². The van der Waals surface area contributed by atoms with Gasteiger partial charge in [-0.3, -0.25) is 9.89 Å². The average molecular weight is 538 g/mol. The van der Waals surface area contributed by atoms with Gasteiger partial charge < -0.3 is 20.1 Å². The molecule has 0 aliphatic carbocycles. The number of benzene rings is 2. The number of methoxy groups -OCH3 is 2. The zero-order valence-corrected chi connectivity index (χ0v) is 21.1. The van der Waals surface area contributed by atoms with Crippen molar-refractivity contribution in [3.63, 3.8) is 0 Å². The minimum Gasteiger partial charge on any atom is -0.496 e. The van der Waals surface area contributed by atoms with Crippen LogP contribution in [0.4, 0.5) is 0 Å². The average Bonchev–Trinajstić information content (AvgIpc) is 3.32. The molecule has 6 nitrogen and oxygen atoms in total. The first-order valence-electron chi connectivity index (χ1n) is 10.6. The second kappa shape index (κ2) is 13.5. The van der Waals surface area contributed by atoms with E-state index in [2.05, 4.69) is 56.9 Å². The van der Waals surface area contributed by atoms with Crippen molar-refractivity contribution in [1.29, 1.82) is 0 Å². The van der Waals surface area contributed by atoms with Gasteiger partial charge in [-0.2, -0.15) is 0 Å². The monoisotopic (exact) mass is 538 g/mol. The number of para-hydroxylation sites is 1. The van der Waals surface area contributed by atoms with E-state index in [0.29, 0.717) is 6.61 Å². The van der Waals surface area contributed by atoms with E-state index in [1.54, 1.807) is 14.2 Å². The molecule has 2 aromatic carbocycles. The summed E-state index contributed by atoms with van der Waals surface area (Å²) in [4.78, 5) is 6.94. The summed E-state index contributed by atoms with van der Waals surface area (Å²) in [7, 11) is 5.27. The van der Waals surface area contributed by atoms with Crippen LogP contribution in [0, 0.1) is 0 Å². The molecule has 0 radical (unpaired) electrons. The van der Waals surface area contributed by atoms with Gasteiger partial charge in [0.25, 0.3) is 0 Å². The molecule has 0 aromatic heterocycles. The van der Waals surface area contributed by atoms with Crippen LogP contribution in [0.5, 0.6) is 5.75 Å². The normalized spacial score (nSPS) is 15.3. The Morgan fingerprint density at radius 2 is 1.68 bits per heavy atom. The van der Waals surface area contributed by atoms with Gasteiger partial charge >= 0.3 is 0 Å². The zero-order valence-electron chi connectivity index (χ0n) is 18.8. The fourth-order valence-corrected chi connectivity index (χ4v) is 3.95. The van der Waals surface area contributed by atoms with E-state index in [-0.39, 0.29) is 30.0 Å². The van der Waals surface area contributed by atoms with Gasteiger partial charge in [-0.1, -0.05) is 42.5 Å². The van der Waals surface area contributed by atoms with Gasteiger partial charge in [0, 0.05) is 32.8 Å². The molecule has 1 fully saturated rings. The highest BCUT2D eigenvalue weighted by atomic mass is 127. The fourth-order valence-electron chi connectivity index (χ4n) is 3.95. The Hall–Kier alpha value is -1.84. The topological polar surface area (TPSA) is 58.1 Å². The third kappa shape index (κ3) is 7.36. The summed E-state index contributed by atoms with van der Waals surface area (Å²) >= 11 is 0. The van der Waals surface area contributed by atoms with E-state index in [1.165, 1.54) is 29.5 Å². The van der Waals surface area contributed by atoms with E-state index in [9.17, 15) is 0 Å². The molecule has 170 valence electrons. The number of ether oxygens (including phenoxy) is 2. The highest BCUT2D eigenvalue weighted by Crippen LogP contribution is 2.31. The minimum atomic E-state index is 0. The van der Waals surface area contributed by atoms with Crippen LogP contribution in [0.15, 0.2) is 53.5 Å². The first kappa shape index (κ1) is 25.4. The largest absolute Gasteiger partial charge is 0.496 e. The lowest BCUT2D eigenvalue weighted by molar-refractivity contribution is 0.185. The molecule has 0 bridgehead atoms. The first-order chi connectivity index (χ1) is 14.7. The number of nitrogens with one attached hydrogen (secondary N) is 2. The lowest BCUT2D eigenvalue weighted by Crippen LogP contribution is -2.42. The summed E-state index contributed by atoms with van der Waals surface area (Å²) in [5.41, 5.74) is 3.60. The van der Waals surface area contributed by atoms with Crippen molar-refractivity contribution in [3.05, 3.63) is 65.2 Å². The molecular formula is C24H35IN4O2. The van der Waals surface area contributed by atoms with Crippen molar-refractivity contribution >= 4 is 29.9 Å². The molecular weight excluding hydrogens is 503 g/mol. The fraction of sp³-hybridized carbons (Fsp3) is 0.458. The van der Waals surface area contributed by atoms with E-state index >= 15 is 0 Å². The van der Waals surface area contributed by atoms with Crippen molar-refractivity contribution in [2.45, 2.75) is 32.0 Å². The van der Waals surface area contributed by atoms with E-state index < -0.39 is 0 Å². The molecule has 0 saturated carbocycles. The molecule has 31 heavy (non-hydrogen) atoms. The maximum Gasteiger partial charge on any atom is 0.191 e. The van der Waals surface area contributed by atoms with Crippen LogP contribution in [0.25, 0.3) is 0 Å². The number of nitrogens with zero attached hydrogens (tertiary/aromatic N) is 2. The Bertz CT molecular complexity index is 807. The number of hydrogen-bond donors (Lipinski definition) is 2. The standard InChI is InChI=1S/C24H34N4O2.HI/c1-25-24(26-16-19-10-12-20(13-11-19)18-29-2)27-17-22(28-14-6-7-15-28)21-8-4-5-9-23(21)30-3;/h4-5,8-13,22H,6-7,14-18H2,1-3H3,(H2,25,26,27);1H. The lowest BCUT2D eigenvalue weighted by Gasteiger charge is -2.30. The maximum atomic E-state index is 5.64. The van der Waals surface area contributed by atoms with Crippen molar-refractivity contribution in [1.82, 2.24) is 15.5 Å². The molecule has 1 unspecified atom stereocenters. The minimum absolute atomic E-state index is 0. The van der Waals surface area contributed by atoms with E-state index in [4.69, 9.17) is 9.47 Å². The zero-order chi connectivity index (χ0) is 21.2. The molecule has 0 spiro atoms. The Labute approximate surface area is 203 Å². The molecule has 7 heteroatoms. The molecule has 1 heterocycles. The van der Waals surface area contributed by atoms with Gasteiger partial charge in [0.15, 0.2) is 5.96 Å². The van der Waals surface area contributed by atoms with Crippen molar-refractivity contribution in [2.75, 3.05) is 40.9 Å². The van der Waals surface area contributed by atoms with Crippen molar-refractivity contribution in [3.8, 4) is 5.75 Å². The summed E-state index contributed by atoms with van der Waals surface area (Å²) in [5, 5.41) is 6.94. The Balaban J connectivity index is 0.00000341. The lowest BCUT2D eigenvalue weighted by atomic mass is 10.0. The summed E-state index contributed by atoms with van der Waals surface area (Å²) in [6.45, 7) is 4.36. The predicted molar refractivity (Wildman–Crippen MR) is 137 cm³/mol. The molecule has 2 N–H and O–H groups in total. The maximum absolute atomic E-state index is 5.64. The number of hydrogen-bond acceptors (Lipinski definition) is 4. The first-order valence-corrected chi connectivity index (χ1v) is 10.6. The van der Waals surface area contributed by atoms with Crippen LogP contribution in [0.3, 0.4) is 0 Å². The summed E-state index contributed by atoms with van der Waals surface area (Å²) in [6, 6.07) is 17.0. The third-order valence-corrected chi connectivity index (χ3v) is 5.56. The van der Waals surface area contributed by atoms with Crippen LogP contribution in [-0.4, -0.2) is 51.8 Å². The molecule has 2 aromatic rings. The number of likely N-dealkylation sites (tertiary alicyclic amines) is 1. The summed E-state index contributed by atoms with van der Waals surface area (Å²) < 4.78 is 10.8. The Morgan fingerprint density at radius 3 is 2.32 bits per heavy atom. The molecule has 1 atom stereocenters. The van der Waals surface area contributed by atoms with Crippen molar-refractivity contribution in [2.24, 2.45) is 4.99 Å². The smallest absolute Gasteiger partial charge is 0.191 e. The second-order valence-corrected chi connectivity index (χ2v) is 7.56. The van der Waals surface area contributed by atoms with Crippen molar-refractivity contribution < 1.29 is 9.47 Å². The van der Waals surface area contributed by atoms with Crippen LogP contribution >= 0.6 is 24.0 Å². The molecule has 0 amide bonds. The molecule has 1 aliphatic rings. The van der Waals surface area contributed by atoms with Gasteiger partial charge in [-0.25, -0.2) is 0 Å². The van der Waals surface area contributed by atoms with E-state index in [1.807, 2.05) is 19.2 Å². The third-order valence-electron chi connectivity index (χ3n) is 5.56. The number of halogens is 1. The SMILES string of the molecule is CN=C(NCc1ccc(COC)cc1)NCC(c1ccccc1OC)N1CCCC1.I. The van der Waals surface area contributed by atoms with Crippen LogP contribution in [0.2, 0.25) is 0 Å². The highest BCUT2D eigenvalue weighted by molar-refractivity contribution is 14.0. The Kier molecular flexibility index (Phi) is 11.1. The number of aliphatic imine (C=N–C) groups is 1. The van der Waals surface area contributed by atoms with E-state index in [0.717, 1.165) is 37.9 Å². The molecule has 3 rings (SSSR count). The van der Waals surface area contributed by atoms with Crippen LogP contribution in [0.1, 0.15) is 35.6 Å². The van der Waals surface area contributed by atoms with Gasteiger partial charge in [0.1, 0.15) is 5.75 Å². The van der Waals surface area contributed by atoms with Gasteiger partial charge in [-0.05, 0) is 43.1 Å². The summed E-state index contributed by atoms with van der Waals surface area (Å²) in [6.07, 6.45) is 2.50. The van der Waals surface area contributed by atoms with Crippen LogP contribution in [-0.2, 0) is 17.9 Å². The molecule has 1 aliphatic heterocycles. The number of guanidine groups is 1. The Morgan fingerprint density at radius 1 is 1.00 bits per heavy atom. The predicted octanol–water partition coefficient (Wildman–Crippen LogP) is 3.96. The molecule has 1 saturated heterocycles. The summed E-state index contributed by atoms with van der Waals surface area (Å²) in [5.74, 6) is 1.74. The number of rotatable bonds is 9. The van der Waals surface area contributed by atoms with Crippen LogP contribution < -0.4 is 15.4 Å². The highest BCUT2D eigenvalue weighted by Gasteiger charge is 2.26. The van der Waals surface area contributed by atoms with Gasteiger partial charge in [0.05, 0.1) is 19.8 Å². The van der Waals surface area contributed by atoms with Gasteiger partial charge in [0.2, 0.25) is 0 Å².